The van der Waals surface area contributed by atoms with E-state index in [2.05, 4.69) is 42.0 Å². The first-order chi connectivity index (χ1) is 9.49. The highest BCUT2D eigenvalue weighted by molar-refractivity contribution is 14.1. The van der Waals surface area contributed by atoms with Gasteiger partial charge in [0.05, 0.1) is 12.3 Å². The van der Waals surface area contributed by atoms with E-state index >= 15 is 0 Å². The summed E-state index contributed by atoms with van der Waals surface area (Å²) in [4.78, 5) is 19.2. The van der Waals surface area contributed by atoms with Crippen LogP contribution in [0.15, 0.2) is 23.0 Å². The summed E-state index contributed by atoms with van der Waals surface area (Å²) in [5.41, 5.74) is 4.16. The van der Waals surface area contributed by atoms with Gasteiger partial charge in [0.15, 0.2) is 0 Å². The van der Waals surface area contributed by atoms with Crippen molar-refractivity contribution in [2.45, 2.75) is 26.9 Å². The van der Waals surface area contributed by atoms with Crippen LogP contribution < -0.4 is 5.56 Å². The van der Waals surface area contributed by atoms with Gasteiger partial charge in [-0.25, -0.2) is 4.98 Å². The molecule has 1 aromatic heterocycles. The molecule has 106 valence electrons. The van der Waals surface area contributed by atoms with Gasteiger partial charge in [0.1, 0.15) is 9.39 Å². The van der Waals surface area contributed by atoms with Crippen LogP contribution in [0.25, 0.3) is 0 Å². The van der Waals surface area contributed by atoms with E-state index in [1.807, 2.05) is 22.6 Å². The molecule has 2 aromatic rings. The second-order valence-electron chi connectivity index (χ2n) is 4.88. The van der Waals surface area contributed by atoms with Gasteiger partial charge in [-0.15, -0.1) is 0 Å². The van der Waals surface area contributed by atoms with E-state index in [-0.39, 0.29) is 5.56 Å². The number of hydrogen-bond donors (Lipinski definition) is 1. The number of aromatic amines is 1. The first-order valence-corrected chi connectivity index (χ1v) is 7.41. The van der Waals surface area contributed by atoms with E-state index in [0.29, 0.717) is 28.1 Å². The minimum absolute atomic E-state index is 0.105. The molecule has 1 aromatic carbocycles. The van der Waals surface area contributed by atoms with Gasteiger partial charge < -0.3 is 9.72 Å². The van der Waals surface area contributed by atoms with E-state index in [1.54, 1.807) is 7.11 Å². The lowest BCUT2D eigenvalue weighted by molar-refractivity contribution is 0.180. The van der Waals surface area contributed by atoms with Crippen molar-refractivity contribution >= 4 is 22.6 Å². The van der Waals surface area contributed by atoms with E-state index in [9.17, 15) is 4.79 Å². The molecule has 0 bridgehead atoms. The number of rotatable bonds is 4. The second kappa shape index (κ2) is 6.49. The van der Waals surface area contributed by atoms with Gasteiger partial charge in [-0.2, -0.15) is 0 Å². The summed E-state index contributed by atoms with van der Waals surface area (Å²) < 4.78 is 5.68. The molecule has 0 aliphatic heterocycles. The molecule has 0 atom stereocenters. The number of hydrogen-bond acceptors (Lipinski definition) is 3. The van der Waals surface area contributed by atoms with Crippen molar-refractivity contribution in [2.75, 3.05) is 7.11 Å². The van der Waals surface area contributed by atoms with Crippen LogP contribution in [0.5, 0.6) is 0 Å². The Morgan fingerprint density at radius 1 is 1.25 bits per heavy atom. The van der Waals surface area contributed by atoms with Crippen LogP contribution >= 0.6 is 22.6 Å². The minimum Gasteiger partial charge on any atom is -0.378 e. The van der Waals surface area contributed by atoms with Crippen LogP contribution in [0, 0.1) is 17.4 Å². The minimum atomic E-state index is -0.105. The van der Waals surface area contributed by atoms with Crippen LogP contribution in [0.4, 0.5) is 0 Å². The highest BCUT2D eigenvalue weighted by Gasteiger charge is 2.09. The van der Waals surface area contributed by atoms with E-state index in [1.165, 1.54) is 11.1 Å². The molecule has 0 radical (unpaired) electrons. The van der Waals surface area contributed by atoms with Gasteiger partial charge in [-0.05, 0) is 42.0 Å². The van der Waals surface area contributed by atoms with Gasteiger partial charge in [-0.3, -0.25) is 4.79 Å². The number of methoxy groups -OCH3 is 1. The Labute approximate surface area is 131 Å². The Morgan fingerprint density at radius 3 is 2.50 bits per heavy atom. The van der Waals surface area contributed by atoms with Crippen molar-refractivity contribution < 1.29 is 4.74 Å². The van der Waals surface area contributed by atoms with Crippen LogP contribution in [0.2, 0.25) is 0 Å². The largest absolute Gasteiger partial charge is 0.378 e. The predicted molar refractivity (Wildman–Crippen MR) is 87.0 cm³/mol. The molecule has 2 rings (SSSR count). The number of halogens is 1. The van der Waals surface area contributed by atoms with Crippen molar-refractivity contribution in [1.82, 2.24) is 9.97 Å². The van der Waals surface area contributed by atoms with Crippen molar-refractivity contribution in [2.24, 2.45) is 0 Å². The molecular formula is C15H17IN2O2. The molecule has 4 nitrogen and oxygen atoms in total. The lowest BCUT2D eigenvalue weighted by Crippen LogP contribution is -2.18. The highest BCUT2D eigenvalue weighted by Crippen LogP contribution is 2.13. The molecule has 0 saturated heterocycles. The average Bonchev–Trinajstić information content (AvgIpc) is 2.34. The van der Waals surface area contributed by atoms with Gasteiger partial charge in [0.2, 0.25) is 0 Å². The number of aryl methyl sites for hydroxylation is 2. The third-order valence-electron chi connectivity index (χ3n) is 2.91. The van der Waals surface area contributed by atoms with Crippen LogP contribution in [0.1, 0.15) is 28.2 Å². The standard InChI is InChI=1S/C15H17IN2O2/c1-9-4-10(2)6-11(5-9)7-13-17-12(8-20-3)14(16)15(19)18-13/h4-6H,7-8H2,1-3H3,(H,17,18,19). The van der Waals surface area contributed by atoms with E-state index in [0.717, 1.165) is 5.56 Å². The molecule has 20 heavy (non-hydrogen) atoms. The number of H-pyrrole nitrogens is 1. The van der Waals surface area contributed by atoms with Gasteiger partial charge in [-0.1, -0.05) is 29.3 Å². The maximum Gasteiger partial charge on any atom is 0.264 e. The fourth-order valence-electron chi connectivity index (χ4n) is 2.24. The Bertz CT molecular complexity index is 660. The van der Waals surface area contributed by atoms with E-state index in [4.69, 9.17) is 4.74 Å². The molecule has 0 saturated carbocycles. The predicted octanol–water partition coefficient (Wildman–Crippen LogP) is 2.73. The maximum absolute atomic E-state index is 11.9. The quantitative estimate of drug-likeness (QED) is 0.825. The van der Waals surface area contributed by atoms with Crippen LogP contribution in [0.3, 0.4) is 0 Å². The summed E-state index contributed by atoms with van der Waals surface area (Å²) in [7, 11) is 1.60. The monoisotopic (exact) mass is 384 g/mol. The molecule has 5 heteroatoms. The summed E-state index contributed by atoms with van der Waals surface area (Å²) in [5, 5.41) is 0. The van der Waals surface area contributed by atoms with Crippen LogP contribution in [-0.4, -0.2) is 17.1 Å². The summed E-state index contributed by atoms with van der Waals surface area (Å²) in [5.74, 6) is 0.674. The Morgan fingerprint density at radius 2 is 1.90 bits per heavy atom. The molecule has 0 spiro atoms. The van der Waals surface area contributed by atoms with Crippen molar-refractivity contribution in [3.63, 3.8) is 0 Å². The molecule has 1 N–H and O–H groups in total. The number of ether oxygens (including phenoxy) is 1. The summed E-state index contributed by atoms with van der Waals surface area (Å²) in [6.45, 7) is 4.48. The summed E-state index contributed by atoms with van der Waals surface area (Å²) >= 11 is 2.00. The molecule has 1 heterocycles. The van der Waals surface area contributed by atoms with Gasteiger partial charge in [0.25, 0.3) is 5.56 Å². The zero-order chi connectivity index (χ0) is 14.7. The average molecular weight is 384 g/mol. The normalized spacial score (nSPS) is 10.8. The SMILES string of the molecule is COCc1nc(Cc2cc(C)cc(C)c2)[nH]c(=O)c1I. The fourth-order valence-corrected chi connectivity index (χ4v) is 2.65. The molecule has 0 unspecified atom stereocenters. The molecule has 0 fully saturated rings. The summed E-state index contributed by atoms with van der Waals surface area (Å²) in [6.07, 6.45) is 0.616. The zero-order valence-electron chi connectivity index (χ0n) is 11.8. The van der Waals surface area contributed by atoms with Crippen molar-refractivity contribution in [3.8, 4) is 0 Å². The van der Waals surface area contributed by atoms with Crippen molar-refractivity contribution in [3.05, 3.63) is 60.3 Å². The summed E-state index contributed by atoms with van der Waals surface area (Å²) in [6, 6.07) is 6.35. The van der Waals surface area contributed by atoms with Crippen molar-refractivity contribution in [1.29, 1.82) is 0 Å². The third-order valence-corrected chi connectivity index (χ3v) is 4.03. The first kappa shape index (κ1) is 15.2. The smallest absolute Gasteiger partial charge is 0.264 e. The van der Waals surface area contributed by atoms with Gasteiger partial charge >= 0.3 is 0 Å². The first-order valence-electron chi connectivity index (χ1n) is 6.33. The number of nitrogens with zero attached hydrogens (tertiary/aromatic N) is 1. The Kier molecular flexibility index (Phi) is 4.93. The highest BCUT2D eigenvalue weighted by atomic mass is 127. The maximum atomic E-state index is 11.9. The lowest BCUT2D eigenvalue weighted by Gasteiger charge is -2.08. The number of nitrogens with one attached hydrogen (secondary N) is 1. The molecule has 0 aliphatic carbocycles. The number of aromatic nitrogens is 2. The lowest BCUT2D eigenvalue weighted by atomic mass is 10.0. The topological polar surface area (TPSA) is 55.0 Å². The van der Waals surface area contributed by atoms with Crippen LogP contribution in [-0.2, 0) is 17.8 Å². The zero-order valence-corrected chi connectivity index (χ0v) is 13.9. The molecular weight excluding hydrogens is 367 g/mol. The third kappa shape index (κ3) is 3.67. The Balaban J connectivity index is 2.36. The number of benzene rings is 1. The van der Waals surface area contributed by atoms with E-state index < -0.39 is 0 Å². The fraction of sp³-hybridized carbons (Fsp3) is 0.333. The molecule has 0 amide bonds. The second-order valence-corrected chi connectivity index (χ2v) is 5.96. The van der Waals surface area contributed by atoms with Gasteiger partial charge in [0, 0.05) is 13.5 Å². The molecule has 0 aliphatic rings. The Hall–Kier alpha value is -1.21.